The molecular formula is C12H20. The molecule has 0 aromatic heterocycles. The Morgan fingerprint density at radius 3 is 2.33 bits per heavy atom. The SMILES string of the molecule is CC1(C)CCCC2=C1CCCC2. The van der Waals surface area contributed by atoms with E-state index < -0.39 is 0 Å². The van der Waals surface area contributed by atoms with E-state index in [9.17, 15) is 0 Å². The average molecular weight is 164 g/mol. The number of hydrogen-bond acceptors (Lipinski definition) is 0. The zero-order valence-corrected chi connectivity index (χ0v) is 8.45. The predicted molar refractivity (Wildman–Crippen MR) is 53.1 cm³/mol. The Bertz CT molecular complexity index is 204. The van der Waals surface area contributed by atoms with Crippen molar-refractivity contribution in [2.45, 2.75) is 58.8 Å². The molecule has 0 saturated heterocycles. The maximum absolute atomic E-state index is 2.44. The summed E-state index contributed by atoms with van der Waals surface area (Å²) in [5.74, 6) is 0. The van der Waals surface area contributed by atoms with Gasteiger partial charge in [0, 0.05) is 0 Å². The Morgan fingerprint density at radius 1 is 0.917 bits per heavy atom. The lowest BCUT2D eigenvalue weighted by atomic mass is 9.68. The number of rotatable bonds is 0. The van der Waals surface area contributed by atoms with Gasteiger partial charge in [-0.3, -0.25) is 0 Å². The van der Waals surface area contributed by atoms with Gasteiger partial charge in [0.1, 0.15) is 0 Å². The molecule has 2 aliphatic carbocycles. The fourth-order valence-corrected chi connectivity index (χ4v) is 2.96. The molecule has 0 heteroatoms. The van der Waals surface area contributed by atoms with Crippen molar-refractivity contribution in [3.8, 4) is 0 Å². The zero-order valence-electron chi connectivity index (χ0n) is 8.45. The first-order chi connectivity index (χ1) is 5.70. The molecule has 2 rings (SSSR count). The Hall–Kier alpha value is -0.260. The van der Waals surface area contributed by atoms with Crippen LogP contribution in [0.25, 0.3) is 0 Å². The second-order valence-corrected chi connectivity index (χ2v) is 5.03. The molecule has 0 aromatic rings. The highest BCUT2D eigenvalue weighted by Gasteiger charge is 2.30. The quantitative estimate of drug-likeness (QED) is 0.473. The van der Waals surface area contributed by atoms with Gasteiger partial charge in [0.05, 0.1) is 0 Å². The first-order valence-electron chi connectivity index (χ1n) is 5.41. The van der Waals surface area contributed by atoms with Gasteiger partial charge in [0.15, 0.2) is 0 Å². The van der Waals surface area contributed by atoms with Crippen LogP contribution in [0.4, 0.5) is 0 Å². The zero-order chi connectivity index (χ0) is 8.60. The van der Waals surface area contributed by atoms with Gasteiger partial charge in [-0.15, -0.1) is 0 Å². The van der Waals surface area contributed by atoms with Crippen molar-refractivity contribution in [1.29, 1.82) is 0 Å². The van der Waals surface area contributed by atoms with Crippen LogP contribution in [0.5, 0.6) is 0 Å². The van der Waals surface area contributed by atoms with Gasteiger partial charge in [-0.1, -0.05) is 25.0 Å². The molecule has 0 aromatic carbocycles. The summed E-state index contributed by atoms with van der Waals surface area (Å²) in [4.78, 5) is 0. The van der Waals surface area contributed by atoms with Gasteiger partial charge in [0.2, 0.25) is 0 Å². The molecule has 0 N–H and O–H groups in total. The molecule has 0 heterocycles. The smallest absolute Gasteiger partial charge is 0.0142 e. The summed E-state index contributed by atoms with van der Waals surface area (Å²) < 4.78 is 0. The topological polar surface area (TPSA) is 0 Å². The minimum Gasteiger partial charge on any atom is -0.0705 e. The monoisotopic (exact) mass is 164 g/mol. The van der Waals surface area contributed by atoms with Crippen LogP contribution in [0.3, 0.4) is 0 Å². The van der Waals surface area contributed by atoms with Crippen molar-refractivity contribution in [3.63, 3.8) is 0 Å². The molecule has 0 unspecified atom stereocenters. The number of hydrogen-bond donors (Lipinski definition) is 0. The summed E-state index contributed by atoms with van der Waals surface area (Å²) in [6, 6.07) is 0. The van der Waals surface area contributed by atoms with Gasteiger partial charge < -0.3 is 0 Å². The van der Waals surface area contributed by atoms with Crippen LogP contribution < -0.4 is 0 Å². The third-order valence-electron chi connectivity index (χ3n) is 3.68. The highest BCUT2D eigenvalue weighted by atomic mass is 14.4. The maximum Gasteiger partial charge on any atom is -0.0142 e. The van der Waals surface area contributed by atoms with Crippen LogP contribution in [0.15, 0.2) is 11.1 Å². The molecule has 0 bridgehead atoms. The Morgan fingerprint density at radius 2 is 1.58 bits per heavy atom. The van der Waals surface area contributed by atoms with Crippen LogP contribution in [0, 0.1) is 5.41 Å². The number of allylic oxidation sites excluding steroid dienone is 2. The predicted octanol–water partition coefficient (Wildman–Crippen LogP) is 4.07. The second kappa shape index (κ2) is 2.90. The van der Waals surface area contributed by atoms with E-state index in [1.54, 1.807) is 0 Å². The fourth-order valence-electron chi connectivity index (χ4n) is 2.96. The summed E-state index contributed by atoms with van der Waals surface area (Å²) >= 11 is 0. The lowest BCUT2D eigenvalue weighted by Gasteiger charge is -2.38. The van der Waals surface area contributed by atoms with Gasteiger partial charge in [-0.2, -0.15) is 0 Å². The van der Waals surface area contributed by atoms with Crippen molar-refractivity contribution < 1.29 is 0 Å². The van der Waals surface area contributed by atoms with Gasteiger partial charge in [-0.25, -0.2) is 0 Å². The minimum absolute atomic E-state index is 0.550. The lowest BCUT2D eigenvalue weighted by molar-refractivity contribution is 0.336. The molecule has 0 fully saturated rings. The molecule has 0 nitrogen and oxygen atoms in total. The lowest BCUT2D eigenvalue weighted by Crippen LogP contribution is -2.22. The average Bonchev–Trinajstić information content (AvgIpc) is 2.04. The molecule has 0 atom stereocenters. The van der Waals surface area contributed by atoms with Crippen LogP contribution in [-0.4, -0.2) is 0 Å². The van der Waals surface area contributed by atoms with Crippen LogP contribution in [-0.2, 0) is 0 Å². The van der Waals surface area contributed by atoms with Crippen molar-refractivity contribution in [3.05, 3.63) is 11.1 Å². The molecule has 68 valence electrons. The van der Waals surface area contributed by atoms with E-state index in [1.165, 1.54) is 44.9 Å². The van der Waals surface area contributed by atoms with E-state index >= 15 is 0 Å². The van der Waals surface area contributed by atoms with E-state index in [4.69, 9.17) is 0 Å². The minimum atomic E-state index is 0.550. The van der Waals surface area contributed by atoms with Crippen molar-refractivity contribution in [2.75, 3.05) is 0 Å². The molecule has 0 saturated carbocycles. The fraction of sp³-hybridized carbons (Fsp3) is 0.833. The third-order valence-corrected chi connectivity index (χ3v) is 3.68. The summed E-state index contributed by atoms with van der Waals surface area (Å²) in [5, 5.41) is 0. The van der Waals surface area contributed by atoms with Crippen LogP contribution >= 0.6 is 0 Å². The molecule has 0 amide bonds. The first kappa shape index (κ1) is 8.34. The molecule has 2 aliphatic rings. The van der Waals surface area contributed by atoms with Crippen molar-refractivity contribution in [2.24, 2.45) is 5.41 Å². The summed E-state index contributed by atoms with van der Waals surface area (Å²) in [7, 11) is 0. The van der Waals surface area contributed by atoms with Crippen LogP contribution in [0.1, 0.15) is 58.8 Å². The molecular weight excluding hydrogens is 144 g/mol. The molecule has 12 heavy (non-hydrogen) atoms. The van der Waals surface area contributed by atoms with E-state index in [2.05, 4.69) is 13.8 Å². The molecule has 0 aliphatic heterocycles. The van der Waals surface area contributed by atoms with E-state index in [1.807, 2.05) is 11.1 Å². The first-order valence-corrected chi connectivity index (χ1v) is 5.41. The Kier molecular flexibility index (Phi) is 2.02. The van der Waals surface area contributed by atoms with E-state index in [0.717, 1.165) is 0 Å². The highest BCUT2D eigenvalue weighted by molar-refractivity contribution is 5.25. The summed E-state index contributed by atoms with van der Waals surface area (Å²) in [6.07, 6.45) is 9.99. The Balaban J connectivity index is 2.30. The van der Waals surface area contributed by atoms with E-state index in [-0.39, 0.29) is 0 Å². The maximum atomic E-state index is 2.44. The van der Waals surface area contributed by atoms with E-state index in [0.29, 0.717) is 5.41 Å². The normalized spacial score (nSPS) is 28.5. The van der Waals surface area contributed by atoms with Crippen LogP contribution in [0.2, 0.25) is 0 Å². The largest absolute Gasteiger partial charge is 0.0705 e. The summed E-state index contributed by atoms with van der Waals surface area (Å²) in [6.45, 7) is 4.87. The van der Waals surface area contributed by atoms with Gasteiger partial charge in [-0.05, 0) is 50.4 Å². The second-order valence-electron chi connectivity index (χ2n) is 5.03. The van der Waals surface area contributed by atoms with Crippen molar-refractivity contribution in [1.82, 2.24) is 0 Å². The third kappa shape index (κ3) is 1.32. The van der Waals surface area contributed by atoms with Crippen molar-refractivity contribution >= 4 is 0 Å². The van der Waals surface area contributed by atoms with Gasteiger partial charge in [0.25, 0.3) is 0 Å². The molecule has 0 radical (unpaired) electrons. The molecule has 0 spiro atoms. The van der Waals surface area contributed by atoms with Gasteiger partial charge >= 0.3 is 0 Å². The standard InChI is InChI=1S/C12H20/c1-12(2)9-5-7-10-6-3-4-8-11(10)12/h3-9H2,1-2H3. The highest BCUT2D eigenvalue weighted by Crippen LogP contribution is 2.46. The Labute approximate surface area is 76.1 Å². The summed E-state index contributed by atoms with van der Waals surface area (Å²) in [5.41, 5.74) is 4.21.